The van der Waals surface area contributed by atoms with Crippen molar-refractivity contribution in [2.45, 2.75) is 0 Å². The first kappa shape index (κ1) is 13.4. The van der Waals surface area contributed by atoms with Gasteiger partial charge in [-0.1, -0.05) is 23.7 Å². The summed E-state index contributed by atoms with van der Waals surface area (Å²) < 4.78 is 5.51. The molecule has 6 nitrogen and oxygen atoms in total. The van der Waals surface area contributed by atoms with Crippen molar-refractivity contribution in [2.75, 3.05) is 20.2 Å². The molecule has 0 fully saturated rings. The van der Waals surface area contributed by atoms with Gasteiger partial charge in [0, 0.05) is 7.05 Å². The van der Waals surface area contributed by atoms with Gasteiger partial charge in [0.2, 0.25) is 0 Å². The lowest BCUT2D eigenvalue weighted by Gasteiger charge is -2.16. The zero-order valence-corrected chi connectivity index (χ0v) is 11.1. The molecule has 0 aliphatic carbocycles. The third kappa shape index (κ3) is 3.45. The molecule has 0 aliphatic heterocycles. The number of aromatic nitrogens is 3. The lowest BCUT2D eigenvalue weighted by Crippen LogP contribution is -2.31. The van der Waals surface area contributed by atoms with E-state index in [0.29, 0.717) is 23.9 Å². The van der Waals surface area contributed by atoms with Crippen LogP contribution in [0.1, 0.15) is 10.5 Å². The van der Waals surface area contributed by atoms with Gasteiger partial charge in [-0.25, -0.2) is 0 Å². The second-order valence-electron chi connectivity index (χ2n) is 3.86. The van der Waals surface area contributed by atoms with Crippen molar-refractivity contribution in [2.24, 2.45) is 0 Å². The van der Waals surface area contributed by atoms with Gasteiger partial charge in [0.05, 0.1) is 17.8 Å². The molecular weight excluding hydrogens is 268 g/mol. The number of carbonyl (C=O) groups excluding carboxylic acids is 1. The van der Waals surface area contributed by atoms with Gasteiger partial charge in [-0.2, -0.15) is 15.4 Å². The number of benzene rings is 1. The number of hydrogen-bond acceptors (Lipinski definition) is 4. The monoisotopic (exact) mass is 280 g/mol. The average molecular weight is 281 g/mol. The molecule has 0 saturated heterocycles. The molecule has 0 atom stereocenters. The summed E-state index contributed by atoms with van der Waals surface area (Å²) in [4.78, 5) is 13.3. The Morgan fingerprint density at radius 1 is 1.47 bits per heavy atom. The van der Waals surface area contributed by atoms with Crippen LogP contribution in [0, 0.1) is 0 Å². The van der Waals surface area contributed by atoms with E-state index in [0.717, 1.165) is 0 Å². The minimum absolute atomic E-state index is 0.212. The molecule has 19 heavy (non-hydrogen) atoms. The van der Waals surface area contributed by atoms with E-state index in [1.165, 1.54) is 11.1 Å². The van der Waals surface area contributed by atoms with E-state index in [1.807, 2.05) is 12.1 Å². The Bertz CT molecular complexity index is 544. The first-order chi connectivity index (χ1) is 9.18. The maximum atomic E-state index is 11.8. The van der Waals surface area contributed by atoms with Gasteiger partial charge in [0.1, 0.15) is 12.4 Å². The molecule has 0 saturated carbocycles. The highest BCUT2D eigenvalue weighted by atomic mass is 35.5. The lowest BCUT2D eigenvalue weighted by atomic mass is 10.3. The normalized spacial score (nSPS) is 10.2. The number of aromatic amines is 1. The summed E-state index contributed by atoms with van der Waals surface area (Å²) in [5, 5.41) is 10.3. The summed E-state index contributed by atoms with van der Waals surface area (Å²) in [6, 6.07) is 7.20. The SMILES string of the molecule is CN(CCOc1ccccc1Cl)C(=O)c1cn[nH]n1. The van der Waals surface area contributed by atoms with Crippen molar-refractivity contribution < 1.29 is 9.53 Å². The molecule has 1 N–H and O–H groups in total. The predicted molar refractivity (Wildman–Crippen MR) is 70.3 cm³/mol. The zero-order valence-electron chi connectivity index (χ0n) is 10.3. The molecule has 0 bridgehead atoms. The summed E-state index contributed by atoms with van der Waals surface area (Å²) in [5.74, 6) is 0.392. The fourth-order valence-electron chi connectivity index (χ4n) is 1.46. The number of ether oxygens (including phenoxy) is 1. The summed E-state index contributed by atoms with van der Waals surface area (Å²) in [6.07, 6.45) is 1.38. The summed E-state index contributed by atoms with van der Waals surface area (Å²) in [6.45, 7) is 0.779. The molecule has 2 rings (SSSR count). The third-order valence-electron chi connectivity index (χ3n) is 2.50. The Morgan fingerprint density at radius 2 is 2.26 bits per heavy atom. The van der Waals surface area contributed by atoms with Crippen LogP contribution in [0.2, 0.25) is 5.02 Å². The largest absolute Gasteiger partial charge is 0.490 e. The van der Waals surface area contributed by atoms with Crippen molar-refractivity contribution >= 4 is 17.5 Å². The van der Waals surface area contributed by atoms with Crippen molar-refractivity contribution in [3.63, 3.8) is 0 Å². The first-order valence-electron chi connectivity index (χ1n) is 5.67. The summed E-state index contributed by atoms with van der Waals surface area (Å²) >= 11 is 5.96. The van der Waals surface area contributed by atoms with Crippen LogP contribution in [0.25, 0.3) is 0 Å². The molecule has 0 unspecified atom stereocenters. The number of amides is 1. The van der Waals surface area contributed by atoms with E-state index in [1.54, 1.807) is 19.2 Å². The number of nitrogens with one attached hydrogen (secondary N) is 1. The number of halogens is 1. The summed E-state index contributed by atoms with van der Waals surface area (Å²) in [5.41, 5.74) is 0.278. The summed E-state index contributed by atoms with van der Waals surface area (Å²) in [7, 11) is 1.67. The Kier molecular flexibility index (Phi) is 4.35. The Labute approximate surface area is 115 Å². The fraction of sp³-hybridized carbons (Fsp3) is 0.250. The van der Waals surface area contributed by atoms with Gasteiger partial charge in [-0.15, -0.1) is 0 Å². The maximum absolute atomic E-state index is 11.8. The predicted octanol–water partition coefficient (Wildman–Crippen LogP) is 1.61. The number of H-pyrrole nitrogens is 1. The number of nitrogens with zero attached hydrogens (tertiary/aromatic N) is 3. The highest BCUT2D eigenvalue weighted by Gasteiger charge is 2.14. The molecule has 1 aromatic heterocycles. The molecular formula is C12H13ClN4O2. The van der Waals surface area contributed by atoms with Gasteiger partial charge in [-0.3, -0.25) is 4.79 Å². The quantitative estimate of drug-likeness (QED) is 0.903. The van der Waals surface area contributed by atoms with Crippen molar-refractivity contribution in [3.05, 3.63) is 41.2 Å². The second-order valence-corrected chi connectivity index (χ2v) is 4.27. The van der Waals surface area contributed by atoms with Gasteiger partial charge >= 0.3 is 0 Å². The highest BCUT2D eigenvalue weighted by molar-refractivity contribution is 6.32. The molecule has 7 heteroatoms. The molecule has 1 amide bonds. The topological polar surface area (TPSA) is 71.1 Å². The smallest absolute Gasteiger partial charge is 0.275 e. The van der Waals surface area contributed by atoms with Crippen LogP contribution in [0.4, 0.5) is 0 Å². The highest BCUT2D eigenvalue weighted by Crippen LogP contribution is 2.22. The van der Waals surface area contributed by atoms with Gasteiger partial charge in [-0.05, 0) is 12.1 Å². The standard InChI is InChI=1S/C12H13ClN4O2/c1-17(12(18)10-8-14-16-15-10)6-7-19-11-5-3-2-4-9(11)13/h2-5,8H,6-7H2,1H3,(H,14,15,16). The molecule has 0 spiro atoms. The van der Waals surface area contributed by atoms with Crippen LogP contribution >= 0.6 is 11.6 Å². The maximum Gasteiger partial charge on any atom is 0.275 e. The van der Waals surface area contributed by atoms with Crippen LogP contribution < -0.4 is 4.74 Å². The van der Waals surface area contributed by atoms with Gasteiger partial charge in [0.25, 0.3) is 5.91 Å². The van der Waals surface area contributed by atoms with E-state index in [4.69, 9.17) is 16.3 Å². The van der Waals surface area contributed by atoms with Crippen molar-refractivity contribution in [1.29, 1.82) is 0 Å². The van der Waals surface area contributed by atoms with E-state index in [2.05, 4.69) is 15.4 Å². The molecule has 100 valence electrons. The second kappa shape index (κ2) is 6.19. The Morgan fingerprint density at radius 3 is 2.95 bits per heavy atom. The molecule has 0 aliphatic rings. The minimum atomic E-state index is -0.212. The molecule has 2 aromatic rings. The lowest BCUT2D eigenvalue weighted by molar-refractivity contribution is 0.0768. The number of para-hydroxylation sites is 1. The van der Waals surface area contributed by atoms with E-state index in [-0.39, 0.29) is 11.6 Å². The van der Waals surface area contributed by atoms with E-state index in [9.17, 15) is 4.79 Å². The van der Waals surface area contributed by atoms with E-state index < -0.39 is 0 Å². The van der Waals surface area contributed by atoms with Crippen LogP contribution in [0.3, 0.4) is 0 Å². The van der Waals surface area contributed by atoms with Crippen LogP contribution in [0.15, 0.2) is 30.5 Å². The average Bonchev–Trinajstić information content (AvgIpc) is 2.94. The number of likely N-dealkylation sites (N-methyl/N-ethyl adjacent to an activating group) is 1. The number of rotatable bonds is 5. The molecule has 0 radical (unpaired) electrons. The van der Waals surface area contributed by atoms with Crippen molar-refractivity contribution in [1.82, 2.24) is 20.3 Å². The number of hydrogen-bond donors (Lipinski definition) is 1. The van der Waals surface area contributed by atoms with Crippen molar-refractivity contribution in [3.8, 4) is 5.75 Å². The van der Waals surface area contributed by atoms with Crippen LogP contribution in [0.5, 0.6) is 5.75 Å². The first-order valence-corrected chi connectivity index (χ1v) is 6.05. The zero-order chi connectivity index (χ0) is 13.7. The van der Waals surface area contributed by atoms with Gasteiger partial charge < -0.3 is 9.64 Å². The van der Waals surface area contributed by atoms with Crippen LogP contribution in [-0.4, -0.2) is 46.4 Å². The Balaban J connectivity index is 1.83. The van der Waals surface area contributed by atoms with Crippen LogP contribution in [-0.2, 0) is 0 Å². The Hall–Kier alpha value is -2.08. The third-order valence-corrected chi connectivity index (χ3v) is 2.81. The molecule has 1 heterocycles. The number of carbonyl (C=O) groups is 1. The van der Waals surface area contributed by atoms with E-state index >= 15 is 0 Å². The fourth-order valence-corrected chi connectivity index (χ4v) is 1.65. The van der Waals surface area contributed by atoms with Gasteiger partial charge in [0.15, 0.2) is 5.69 Å². The minimum Gasteiger partial charge on any atom is -0.490 e. The molecule has 1 aromatic carbocycles.